The zero-order valence-electron chi connectivity index (χ0n) is 11.9. The SMILES string of the molecule is Cn1ccnc1CCNCCOc1ccc([N+](=O)[O-])cc1. The molecule has 0 atom stereocenters. The molecule has 2 rings (SSSR count). The molecule has 1 aromatic heterocycles. The van der Waals surface area contributed by atoms with Gasteiger partial charge in [-0.1, -0.05) is 0 Å². The molecule has 7 nitrogen and oxygen atoms in total. The third-order valence-electron chi connectivity index (χ3n) is 3.04. The molecule has 1 N–H and O–H groups in total. The Kier molecular flexibility index (Phi) is 5.28. The van der Waals surface area contributed by atoms with Gasteiger partial charge in [-0.25, -0.2) is 4.98 Å². The lowest BCUT2D eigenvalue weighted by Gasteiger charge is -2.07. The highest BCUT2D eigenvalue weighted by molar-refractivity contribution is 5.35. The van der Waals surface area contributed by atoms with E-state index in [9.17, 15) is 10.1 Å². The predicted molar refractivity (Wildman–Crippen MR) is 78.4 cm³/mol. The van der Waals surface area contributed by atoms with Gasteiger partial charge in [0.1, 0.15) is 18.2 Å². The number of imidazole rings is 1. The van der Waals surface area contributed by atoms with Gasteiger partial charge in [-0.15, -0.1) is 0 Å². The molecule has 7 heteroatoms. The highest BCUT2D eigenvalue weighted by atomic mass is 16.6. The number of nitrogens with zero attached hydrogens (tertiary/aromatic N) is 3. The van der Waals surface area contributed by atoms with Crippen LogP contribution in [0.4, 0.5) is 5.69 Å². The minimum atomic E-state index is -0.428. The lowest BCUT2D eigenvalue weighted by Crippen LogP contribution is -2.24. The third kappa shape index (κ3) is 4.57. The van der Waals surface area contributed by atoms with Gasteiger partial charge < -0.3 is 14.6 Å². The molecule has 0 saturated carbocycles. The van der Waals surface area contributed by atoms with Crippen LogP contribution in [0.25, 0.3) is 0 Å². The Labute approximate surface area is 122 Å². The van der Waals surface area contributed by atoms with Gasteiger partial charge in [0.25, 0.3) is 5.69 Å². The van der Waals surface area contributed by atoms with Crippen LogP contribution in [0, 0.1) is 10.1 Å². The first-order valence-corrected chi connectivity index (χ1v) is 6.71. The summed E-state index contributed by atoms with van der Waals surface area (Å²) in [5.74, 6) is 1.67. The fraction of sp³-hybridized carbons (Fsp3) is 0.357. The Hall–Kier alpha value is -2.41. The summed E-state index contributed by atoms with van der Waals surface area (Å²) in [6, 6.07) is 6.08. The Morgan fingerprint density at radius 2 is 2.10 bits per heavy atom. The lowest BCUT2D eigenvalue weighted by molar-refractivity contribution is -0.384. The van der Waals surface area contributed by atoms with Crippen molar-refractivity contribution in [1.29, 1.82) is 0 Å². The second-order valence-electron chi connectivity index (χ2n) is 4.55. The van der Waals surface area contributed by atoms with E-state index in [1.165, 1.54) is 12.1 Å². The second kappa shape index (κ2) is 7.39. The molecule has 112 valence electrons. The molecule has 2 aromatic rings. The van der Waals surface area contributed by atoms with Gasteiger partial charge in [0.15, 0.2) is 0 Å². The largest absolute Gasteiger partial charge is 0.492 e. The van der Waals surface area contributed by atoms with E-state index in [1.807, 2.05) is 17.8 Å². The number of nitro groups is 1. The summed E-state index contributed by atoms with van der Waals surface area (Å²) in [6.45, 7) is 2.05. The Balaban J connectivity index is 1.61. The topological polar surface area (TPSA) is 82.2 Å². The number of hydrogen-bond acceptors (Lipinski definition) is 5. The average molecular weight is 290 g/mol. The average Bonchev–Trinajstić information content (AvgIpc) is 2.88. The summed E-state index contributed by atoms with van der Waals surface area (Å²) in [5, 5.41) is 13.8. The van der Waals surface area contributed by atoms with Gasteiger partial charge in [0.2, 0.25) is 0 Å². The summed E-state index contributed by atoms with van der Waals surface area (Å²) in [4.78, 5) is 14.3. The number of nitrogens with one attached hydrogen (secondary N) is 1. The van der Waals surface area contributed by atoms with Crippen LogP contribution in [0.3, 0.4) is 0 Å². The number of benzene rings is 1. The second-order valence-corrected chi connectivity index (χ2v) is 4.55. The van der Waals surface area contributed by atoms with Crippen molar-refractivity contribution in [2.45, 2.75) is 6.42 Å². The van der Waals surface area contributed by atoms with Crippen LogP contribution < -0.4 is 10.1 Å². The van der Waals surface area contributed by atoms with Crippen LogP contribution in [0.15, 0.2) is 36.7 Å². The van der Waals surface area contributed by atoms with E-state index in [0.29, 0.717) is 18.9 Å². The van der Waals surface area contributed by atoms with E-state index in [1.54, 1.807) is 18.3 Å². The lowest BCUT2D eigenvalue weighted by atomic mass is 10.3. The Bertz CT molecular complexity index is 580. The van der Waals surface area contributed by atoms with E-state index in [4.69, 9.17) is 4.74 Å². The molecular formula is C14H18N4O3. The first-order valence-electron chi connectivity index (χ1n) is 6.71. The molecule has 0 aliphatic heterocycles. The normalized spacial score (nSPS) is 10.5. The van der Waals surface area contributed by atoms with Crippen molar-refractivity contribution in [3.8, 4) is 5.75 Å². The van der Waals surface area contributed by atoms with Gasteiger partial charge in [-0.2, -0.15) is 0 Å². The smallest absolute Gasteiger partial charge is 0.269 e. The zero-order valence-corrected chi connectivity index (χ0v) is 11.9. The molecule has 0 spiro atoms. The number of non-ortho nitro benzene ring substituents is 1. The number of rotatable bonds is 8. The molecule has 0 unspecified atom stereocenters. The minimum absolute atomic E-state index is 0.0653. The maximum atomic E-state index is 10.5. The first kappa shape index (κ1) is 15.0. The van der Waals surface area contributed by atoms with Crippen LogP contribution in [0.2, 0.25) is 0 Å². The third-order valence-corrected chi connectivity index (χ3v) is 3.04. The van der Waals surface area contributed by atoms with Crippen molar-refractivity contribution in [3.63, 3.8) is 0 Å². The number of nitro benzene ring substituents is 1. The molecule has 0 aliphatic carbocycles. The summed E-state index contributed by atoms with van der Waals surface area (Å²) in [5.41, 5.74) is 0.0653. The van der Waals surface area contributed by atoms with E-state index in [0.717, 1.165) is 18.8 Å². The molecule has 1 aromatic carbocycles. The van der Waals surface area contributed by atoms with Crippen molar-refractivity contribution in [3.05, 3.63) is 52.6 Å². The molecule has 21 heavy (non-hydrogen) atoms. The standard InChI is InChI=1S/C14H18N4O3/c1-17-10-8-16-14(17)6-7-15-9-11-21-13-4-2-12(3-5-13)18(19)20/h2-5,8,10,15H,6-7,9,11H2,1H3. The number of aryl methyl sites for hydroxylation is 1. The molecule has 0 aliphatic rings. The van der Waals surface area contributed by atoms with Gasteiger partial charge in [0.05, 0.1) is 4.92 Å². The highest BCUT2D eigenvalue weighted by Crippen LogP contribution is 2.16. The van der Waals surface area contributed by atoms with E-state index in [2.05, 4.69) is 10.3 Å². The van der Waals surface area contributed by atoms with Crippen LogP contribution in [0.1, 0.15) is 5.82 Å². The van der Waals surface area contributed by atoms with Crippen molar-refractivity contribution in [2.24, 2.45) is 7.05 Å². The maximum absolute atomic E-state index is 10.5. The first-order chi connectivity index (χ1) is 10.2. The molecular weight excluding hydrogens is 272 g/mol. The highest BCUT2D eigenvalue weighted by Gasteiger charge is 2.04. The van der Waals surface area contributed by atoms with E-state index < -0.39 is 4.92 Å². The van der Waals surface area contributed by atoms with E-state index >= 15 is 0 Å². The maximum Gasteiger partial charge on any atom is 0.269 e. The summed E-state index contributed by atoms with van der Waals surface area (Å²) in [7, 11) is 1.97. The number of ether oxygens (including phenoxy) is 1. The summed E-state index contributed by atoms with van der Waals surface area (Å²) < 4.78 is 7.49. The van der Waals surface area contributed by atoms with Crippen molar-refractivity contribution in [1.82, 2.24) is 14.9 Å². The molecule has 0 amide bonds. The van der Waals surface area contributed by atoms with Gasteiger partial charge in [-0.05, 0) is 12.1 Å². The fourth-order valence-electron chi connectivity index (χ4n) is 1.87. The molecule has 0 radical (unpaired) electrons. The van der Waals surface area contributed by atoms with Crippen LogP contribution in [-0.2, 0) is 13.5 Å². The van der Waals surface area contributed by atoms with Crippen molar-refractivity contribution < 1.29 is 9.66 Å². The van der Waals surface area contributed by atoms with E-state index in [-0.39, 0.29) is 5.69 Å². The quantitative estimate of drug-likeness (QED) is 0.453. The Morgan fingerprint density at radius 3 is 2.71 bits per heavy atom. The Morgan fingerprint density at radius 1 is 1.33 bits per heavy atom. The molecule has 0 saturated heterocycles. The monoisotopic (exact) mass is 290 g/mol. The van der Waals surface area contributed by atoms with Crippen LogP contribution >= 0.6 is 0 Å². The van der Waals surface area contributed by atoms with Gasteiger partial charge in [-0.3, -0.25) is 10.1 Å². The van der Waals surface area contributed by atoms with Gasteiger partial charge in [0, 0.05) is 51.1 Å². The molecule has 1 heterocycles. The molecule has 0 bridgehead atoms. The van der Waals surface area contributed by atoms with Crippen LogP contribution in [-0.4, -0.2) is 34.2 Å². The van der Waals surface area contributed by atoms with Gasteiger partial charge >= 0.3 is 0 Å². The molecule has 0 fully saturated rings. The predicted octanol–water partition coefficient (Wildman–Crippen LogP) is 1.54. The zero-order chi connectivity index (χ0) is 15.1. The van der Waals surface area contributed by atoms with Crippen LogP contribution in [0.5, 0.6) is 5.75 Å². The summed E-state index contributed by atoms with van der Waals surface area (Å²) >= 11 is 0. The van der Waals surface area contributed by atoms with Crippen molar-refractivity contribution >= 4 is 5.69 Å². The number of aromatic nitrogens is 2. The minimum Gasteiger partial charge on any atom is -0.492 e. The van der Waals surface area contributed by atoms with Crippen molar-refractivity contribution in [2.75, 3.05) is 19.7 Å². The summed E-state index contributed by atoms with van der Waals surface area (Å²) in [6.07, 6.45) is 4.57. The number of hydrogen-bond donors (Lipinski definition) is 1. The fourth-order valence-corrected chi connectivity index (χ4v) is 1.87.